The van der Waals surface area contributed by atoms with Crippen LogP contribution >= 0.6 is 11.6 Å². The highest BCUT2D eigenvalue weighted by molar-refractivity contribution is 6.20. The third-order valence-corrected chi connectivity index (χ3v) is 2.45. The van der Waals surface area contributed by atoms with Crippen LogP contribution in [0.1, 0.15) is 32.4 Å². The van der Waals surface area contributed by atoms with E-state index in [1.54, 1.807) is 12.4 Å². The van der Waals surface area contributed by atoms with E-state index in [0.717, 1.165) is 25.0 Å². The fourth-order valence-corrected chi connectivity index (χ4v) is 1.29. The molecule has 0 amide bonds. The zero-order valence-electron chi connectivity index (χ0n) is 9.24. The van der Waals surface area contributed by atoms with Crippen molar-refractivity contribution in [3.63, 3.8) is 0 Å². The molecule has 0 N–H and O–H groups in total. The summed E-state index contributed by atoms with van der Waals surface area (Å²) < 4.78 is 5.39. The first kappa shape index (κ1) is 12.2. The first-order valence-corrected chi connectivity index (χ1v) is 5.77. The van der Waals surface area contributed by atoms with Crippen LogP contribution in [0.4, 0.5) is 0 Å². The van der Waals surface area contributed by atoms with Gasteiger partial charge in [-0.25, -0.2) is 4.98 Å². The lowest BCUT2D eigenvalue weighted by Gasteiger charge is -2.07. The summed E-state index contributed by atoms with van der Waals surface area (Å²) in [6, 6.07) is 0. The Morgan fingerprint density at radius 1 is 1.40 bits per heavy atom. The lowest BCUT2D eigenvalue weighted by atomic mass is 10.2. The molecule has 0 fully saturated rings. The Morgan fingerprint density at radius 2 is 2.20 bits per heavy atom. The van der Waals surface area contributed by atoms with E-state index >= 15 is 0 Å². The highest BCUT2D eigenvalue weighted by Crippen LogP contribution is 2.11. The van der Waals surface area contributed by atoms with Crippen LogP contribution in [0.5, 0.6) is 5.88 Å². The Bertz CT molecular complexity index is 294. The molecule has 3 nitrogen and oxygen atoms in total. The maximum atomic E-state index is 6.05. The maximum absolute atomic E-state index is 6.05. The molecule has 15 heavy (non-hydrogen) atoms. The van der Waals surface area contributed by atoms with Gasteiger partial charge in [0.2, 0.25) is 5.88 Å². The third-order valence-electron chi connectivity index (χ3n) is 1.99. The summed E-state index contributed by atoms with van der Waals surface area (Å²) in [7, 11) is 0. The number of ether oxygens (including phenoxy) is 1. The molecule has 1 rings (SSSR count). The molecule has 1 aromatic rings. The van der Waals surface area contributed by atoms with E-state index in [1.807, 2.05) is 0 Å². The van der Waals surface area contributed by atoms with Crippen molar-refractivity contribution in [3.8, 4) is 5.88 Å². The zero-order chi connectivity index (χ0) is 11.1. The maximum Gasteiger partial charge on any atom is 0.232 e. The topological polar surface area (TPSA) is 35.0 Å². The smallest absolute Gasteiger partial charge is 0.232 e. The van der Waals surface area contributed by atoms with Crippen LogP contribution in [-0.2, 0) is 6.42 Å². The van der Waals surface area contributed by atoms with Crippen molar-refractivity contribution >= 4 is 11.6 Å². The van der Waals surface area contributed by atoms with E-state index in [4.69, 9.17) is 16.3 Å². The number of nitrogens with zero attached hydrogens (tertiary/aromatic N) is 2. The number of alkyl halides is 1. The van der Waals surface area contributed by atoms with Crippen LogP contribution < -0.4 is 4.74 Å². The molecule has 0 aromatic carbocycles. The molecule has 1 unspecified atom stereocenters. The van der Waals surface area contributed by atoms with Gasteiger partial charge in [0, 0.05) is 18.0 Å². The zero-order valence-corrected chi connectivity index (χ0v) is 10.00. The molecule has 1 atom stereocenters. The molecule has 1 heterocycles. The molecule has 0 aliphatic heterocycles. The fourth-order valence-electron chi connectivity index (χ4n) is 1.13. The summed E-state index contributed by atoms with van der Waals surface area (Å²) in [6.45, 7) is 4.79. The van der Waals surface area contributed by atoms with E-state index in [9.17, 15) is 0 Å². The van der Waals surface area contributed by atoms with Gasteiger partial charge < -0.3 is 4.74 Å². The highest BCUT2D eigenvalue weighted by Gasteiger charge is 2.06. The second kappa shape index (κ2) is 6.62. The van der Waals surface area contributed by atoms with E-state index in [2.05, 4.69) is 23.8 Å². The van der Waals surface area contributed by atoms with Crippen LogP contribution in [0.25, 0.3) is 0 Å². The number of aromatic nitrogens is 2. The molecule has 0 saturated carbocycles. The molecule has 4 heteroatoms. The first-order chi connectivity index (χ1) is 7.26. The Balaban J connectivity index is 2.57. The Morgan fingerprint density at radius 3 is 2.87 bits per heavy atom. The van der Waals surface area contributed by atoms with E-state index in [-0.39, 0.29) is 5.38 Å². The normalized spacial score (nSPS) is 12.5. The quantitative estimate of drug-likeness (QED) is 0.703. The van der Waals surface area contributed by atoms with Crippen LogP contribution in [-0.4, -0.2) is 22.0 Å². The minimum atomic E-state index is 0.126. The molecule has 0 bridgehead atoms. The molecule has 1 aromatic heterocycles. The molecule has 0 aliphatic rings. The number of halogens is 1. The molecule has 84 valence electrons. The van der Waals surface area contributed by atoms with Crippen molar-refractivity contribution in [1.29, 1.82) is 0 Å². The number of hydrogen-bond donors (Lipinski definition) is 0. The Labute approximate surface area is 95.8 Å². The van der Waals surface area contributed by atoms with Gasteiger partial charge >= 0.3 is 0 Å². The molecule has 0 radical (unpaired) electrons. The van der Waals surface area contributed by atoms with E-state index in [1.165, 1.54) is 0 Å². The second-order valence-electron chi connectivity index (χ2n) is 3.41. The van der Waals surface area contributed by atoms with Gasteiger partial charge in [-0.3, -0.25) is 4.98 Å². The Hall–Kier alpha value is -0.830. The summed E-state index contributed by atoms with van der Waals surface area (Å²) in [5.74, 6) is 0.592. The highest BCUT2D eigenvalue weighted by atomic mass is 35.5. The second-order valence-corrected chi connectivity index (χ2v) is 4.02. The SMILES string of the molecule is CCCOc1cncc(CC(Cl)CC)n1. The summed E-state index contributed by atoms with van der Waals surface area (Å²) in [6.07, 6.45) is 6.02. The van der Waals surface area contributed by atoms with Crippen molar-refractivity contribution in [1.82, 2.24) is 9.97 Å². The fraction of sp³-hybridized carbons (Fsp3) is 0.636. The summed E-state index contributed by atoms with van der Waals surface area (Å²) in [5.41, 5.74) is 0.894. The van der Waals surface area contributed by atoms with Crippen molar-refractivity contribution in [2.24, 2.45) is 0 Å². The van der Waals surface area contributed by atoms with Crippen LogP contribution in [0.15, 0.2) is 12.4 Å². The molecule has 0 saturated heterocycles. The van der Waals surface area contributed by atoms with E-state index in [0.29, 0.717) is 12.5 Å². The van der Waals surface area contributed by atoms with Crippen molar-refractivity contribution in [2.75, 3.05) is 6.61 Å². The third kappa shape index (κ3) is 4.47. The summed E-state index contributed by atoms with van der Waals surface area (Å²) in [4.78, 5) is 8.41. The minimum absolute atomic E-state index is 0.126. The van der Waals surface area contributed by atoms with Crippen LogP contribution in [0.2, 0.25) is 0 Å². The van der Waals surface area contributed by atoms with Crippen molar-refractivity contribution < 1.29 is 4.74 Å². The lowest BCUT2D eigenvalue weighted by Crippen LogP contribution is -2.05. The molecule has 0 spiro atoms. The Kier molecular flexibility index (Phi) is 5.40. The summed E-state index contributed by atoms with van der Waals surface area (Å²) in [5, 5.41) is 0.126. The number of hydrogen-bond acceptors (Lipinski definition) is 3. The van der Waals surface area contributed by atoms with Gasteiger partial charge in [0.05, 0.1) is 18.5 Å². The standard InChI is InChI=1S/C11H17ClN2O/c1-3-5-15-11-8-13-7-10(14-11)6-9(12)4-2/h7-9H,3-6H2,1-2H3. The number of rotatable bonds is 6. The van der Waals surface area contributed by atoms with Crippen molar-refractivity contribution in [2.45, 2.75) is 38.5 Å². The van der Waals surface area contributed by atoms with Gasteiger partial charge in [0.1, 0.15) is 0 Å². The molecular weight excluding hydrogens is 212 g/mol. The van der Waals surface area contributed by atoms with Gasteiger partial charge in [0.25, 0.3) is 0 Å². The van der Waals surface area contributed by atoms with Gasteiger partial charge in [-0.15, -0.1) is 11.6 Å². The van der Waals surface area contributed by atoms with Gasteiger partial charge in [0.15, 0.2) is 0 Å². The molecule has 0 aliphatic carbocycles. The summed E-state index contributed by atoms with van der Waals surface area (Å²) >= 11 is 6.05. The predicted molar refractivity (Wildman–Crippen MR) is 61.5 cm³/mol. The minimum Gasteiger partial charge on any atom is -0.477 e. The van der Waals surface area contributed by atoms with Crippen LogP contribution in [0.3, 0.4) is 0 Å². The van der Waals surface area contributed by atoms with Crippen molar-refractivity contribution in [3.05, 3.63) is 18.1 Å². The predicted octanol–water partition coefficient (Wildman–Crippen LogP) is 2.83. The largest absolute Gasteiger partial charge is 0.477 e. The average molecular weight is 229 g/mol. The van der Waals surface area contributed by atoms with E-state index < -0.39 is 0 Å². The first-order valence-electron chi connectivity index (χ1n) is 5.34. The van der Waals surface area contributed by atoms with Gasteiger partial charge in [-0.05, 0) is 12.8 Å². The lowest BCUT2D eigenvalue weighted by molar-refractivity contribution is 0.303. The van der Waals surface area contributed by atoms with Gasteiger partial charge in [-0.1, -0.05) is 13.8 Å². The molecular formula is C11H17ClN2O. The van der Waals surface area contributed by atoms with Crippen LogP contribution in [0, 0.1) is 0 Å². The average Bonchev–Trinajstić information content (AvgIpc) is 2.26. The monoisotopic (exact) mass is 228 g/mol. The van der Waals surface area contributed by atoms with Gasteiger partial charge in [-0.2, -0.15) is 0 Å².